The highest BCUT2D eigenvalue weighted by Gasteiger charge is 2.33. The van der Waals surface area contributed by atoms with Gasteiger partial charge in [0.15, 0.2) is 0 Å². The van der Waals surface area contributed by atoms with Crippen LogP contribution in [0.3, 0.4) is 0 Å². The van der Waals surface area contributed by atoms with Crippen LogP contribution in [0, 0.1) is 17.5 Å². The van der Waals surface area contributed by atoms with Crippen molar-refractivity contribution in [1.29, 1.82) is 0 Å². The number of nitrogen functional groups attached to an aromatic ring is 1. The third-order valence-corrected chi connectivity index (χ3v) is 5.73. The lowest BCUT2D eigenvalue weighted by atomic mass is 9.95. The van der Waals surface area contributed by atoms with Gasteiger partial charge in [-0.2, -0.15) is 13.2 Å². The van der Waals surface area contributed by atoms with Crippen molar-refractivity contribution >= 4 is 22.8 Å². The summed E-state index contributed by atoms with van der Waals surface area (Å²) in [6, 6.07) is 5.88. The number of anilines is 1. The number of benzene rings is 2. The average Bonchev–Trinajstić information content (AvgIpc) is 3.27. The van der Waals surface area contributed by atoms with E-state index >= 15 is 0 Å². The van der Waals surface area contributed by atoms with Crippen molar-refractivity contribution in [3.8, 4) is 5.88 Å². The van der Waals surface area contributed by atoms with Gasteiger partial charge < -0.3 is 15.6 Å². The summed E-state index contributed by atoms with van der Waals surface area (Å²) in [5.74, 6) is -5.12. The van der Waals surface area contributed by atoms with Crippen molar-refractivity contribution in [2.24, 2.45) is 0 Å². The summed E-state index contributed by atoms with van der Waals surface area (Å²) in [6.45, 7) is -0.757. The lowest BCUT2D eigenvalue weighted by Crippen LogP contribution is -2.10. The van der Waals surface area contributed by atoms with Crippen LogP contribution in [-0.2, 0) is 12.8 Å². The topological polar surface area (TPSA) is 85.4 Å². The summed E-state index contributed by atoms with van der Waals surface area (Å²) in [5.41, 5.74) is 5.54. The SMILES string of the molecule is Nc1cc(C(=O)O)cc(C2=C(c3cc(C(F)(F)F)cnc3OCc3c(F)cc(F)cc3F)CCC2)c1. The normalized spacial score (nSPS) is 13.8. The molecule has 0 spiro atoms. The maximum Gasteiger partial charge on any atom is 0.417 e. The number of pyridine rings is 1. The van der Waals surface area contributed by atoms with Crippen LogP contribution < -0.4 is 10.5 Å². The van der Waals surface area contributed by atoms with Gasteiger partial charge in [-0.15, -0.1) is 0 Å². The Morgan fingerprint density at radius 2 is 1.67 bits per heavy atom. The van der Waals surface area contributed by atoms with E-state index in [4.69, 9.17) is 10.5 Å². The number of aromatic nitrogens is 1. The highest BCUT2D eigenvalue weighted by molar-refractivity contribution is 5.97. The van der Waals surface area contributed by atoms with Crippen LogP contribution in [0.15, 0.2) is 42.6 Å². The minimum atomic E-state index is -4.73. The number of alkyl halides is 3. The van der Waals surface area contributed by atoms with Gasteiger partial charge in [0.1, 0.15) is 24.1 Å². The molecule has 1 aliphatic carbocycles. The first-order valence-electron chi connectivity index (χ1n) is 10.6. The molecule has 36 heavy (non-hydrogen) atoms. The number of nitrogens with zero attached hydrogens (tertiary/aromatic N) is 1. The fraction of sp³-hybridized carbons (Fsp3) is 0.200. The van der Waals surface area contributed by atoms with Crippen molar-refractivity contribution in [1.82, 2.24) is 4.98 Å². The molecule has 0 saturated carbocycles. The van der Waals surface area contributed by atoms with E-state index in [1.807, 2.05) is 0 Å². The summed E-state index contributed by atoms with van der Waals surface area (Å²) in [5, 5.41) is 9.36. The molecule has 5 nitrogen and oxygen atoms in total. The van der Waals surface area contributed by atoms with Crippen LogP contribution in [0.5, 0.6) is 5.88 Å². The average molecular weight is 508 g/mol. The molecular formula is C25H18F6N2O3. The summed E-state index contributed by atoms with van der Waals surface area (Å²) in [4.78, 5) is 15.2. The third kappa shape index (κ3) is 5.14. The lowest BCUT2D eigenvalue weighted by Gasteiger charge is -2.17. The molecule has 4 rings (SSSR count). The molecule has 1 heterocycles. The van der Waals surface area contributed by atoms with Crippen LogP contribution in [0.2, 0.25) is 0 Å². The van der Waals surface area contributed by atoms with Crippen LogP contribution in [0.25, 0.3) is 11.1 Å². The number of ether oxygens (including phenoxy) is 1. The second-order valence-corrected chi connectivity index (χ2v) is 8.17. The molecule has 1 aromatic heterocycles. The van der Waals surface area contributed by atoms with Gasteiger partial charge in [0.05, 0.1) is 16.7 Å². The Morgan fingerprint density at radius 1 is 1.00 bits per heavy atom. The fourth-order valence-electron chi connectivity index (χ4n) is 4.10. The number of halogens is 6. The van der Waals surface area contributed by atoms with Gasteiger partial charge in [0.2, 0.25) is 5.88 Å². The molecule has 0 fully saturated rings. The number of carboxylic acid groups (broad SMARTS) is 1. The Bertz CT molecular complexity index is 1360. The first-order valence-corrected chi connectivity index (χ1v) is 10.6. The standard InChI is InChI=1S/C25H18F6N2O3/c26-15-8-21(27)20(22(28)9-15)11-36-23-19(7-14(10-33-23)25(29,30)31)18-3-1-2-17(18)12-4-13(24(34)35)6-16(32)5-12/h4-10H,1-3,11,32H2,(H,34,35). The zero-order valence-electron chi connectivity index (χ0n) is 18.4. The van der Waals surface area contributed by atoms with Gasteiger partial charge in [-0.3, -0.25) is 0 Å². The molecule has 0 atom stereocenters. The second-order valence-electron chi connectivity index (χ2n) is 8.17. The predicted molar refractivity (Wildman–Crippen MR) is 118 cm³/mol. The van der Waals surface area contributed by atoms with Crippen LogP contribution in [-0.4, -0.2) is 16.1 Å². The molecule has 0 radical (unpaired) electrons. The Balaban J connectivity index is 1.82. The van der Waals surface area contributed by atoms with Gasteiger partial charge in [0.25, 0.3) is 0 Å². The van der Waals surface area contributed by atoms with Crippen molar-refractivity contribution in [3.63, 3.8) is 0 Å². The monoisotopic (exact) mass is 508 g/mol. The number of aromatic carboxylic acids is 1. The maximum absolute atomic E-state index is 14.1. The van der Waals surface area contributed by atoms with E-state index in [1.54, 1.807) is 0 Å². The van der Waals surface area contributed by atoms with Gasteiger partial charge in [-0.25, -0.2) is 22.9 Å². The Hall–Kier alpha value is -4.02. The van der Waals surface area contributed by atoms with E-state index < -0.39 is 47.3 Å². The van der Waals surface area contributed by atoms with E-state index in [0.717, 1.165) is 6.07 Å². The van der Waals surface area contributed by atoms with Crippen molar-refractivity contribution < 1.29 is 41.0 Å². The summed E-state index contributed by atoms with van der Waals surface area (Å²) >= 11 is 0. The number of hydrogen-bond donors (Lipinski definition) is 2. The number of hydrogen-bond acceptors (Lipinski definition) is 4. The molecular weight excluding hydrogens is 490 g/mol. The Labute approximate surface area is 200 Å². The lowest BCUT2D eigenvalue weighted by molar-refractivity contribution is -0.137. The number of nitrogens with two attached hydrogens (primary N) is 1. The van der Waals surface area contributed by atoms with Gasteiger partial charge in [0, 0.05) is 29.6 Å². The van der Waals surface area contributed by atoms with Gasteiger partial charge >= 0.3 is 12.1 Å². The predicted octanol–water partition coefficient (Wildman–Crippen LogP) is 6.47. The molecule has 2 aromatic carbocycles. The number of carbonyl (C=O) groups is 1. The van der Waals surface area contributed by atoms with E-state index in [1.165, 1.54) is 18.2 Å². The number of carboxylic acids is 1. The molecule has 3 aromatic rings. The molecule has 11 heteroatoms. The maximum atomic E-state index is 14.1. The van der Waals surface area contributed by atoms with Gasteiger partial charge in [-0.1, -0.05) is 0 Å². The number of rotatable bonds is 6. The Morgan fingerprint density at radius 3 is 2.31 bits per heavy atom. The Kier molecular flexibility index (Phi) is 6.66. The molecule has 3 N–H and O–H groups in total. The molecule has 1 aliphatic rings. The smallest absolute Gasteiger partial charge is 0.417 e. The highest BCUT2D eigenvalue weighted by Crippen LogP contribution is 2.44. The van der Waals surface area contributed by atoms with Crippen molar-refractivity contribution in [2.75, 3.05) is 5.73 Å². The first-order chi connectivity index (χ1) is 16.9. The van der Waals surface area contributed by atoms with E-state index in [-0.39, 0.29) is 22.7 Å². The van der Waals surface area contributed by atoms with E-state index in [2.05, 4.69) is 4.98 Å². The van der Waals surface area contributed by atoms with Crippen LogP contribution >= 0.6 is 0 Å². The minimum absolute atomic E-state index is 0.0560. The zero-order chi connectivity index (χ0) is 26.2. The van der Waals surface area contributed by atoms with E-state index in [0.29, 0.717) is 54.3 Å². The quantitative estimate of drug-likeness (QED) is 0.294. The summed E-state index contributed by atoms with van der Waals surface area (Å²) in [6.07, 6.45) is -2.93. The molecule has 0 bridgehead atoms. The van der Waals surface area contributed by atoms with Crippen LogP contribution in [0.4, 0.5) is 32.0 Å². The van der Waals surface area contributed by atoms with Crippen molar-refractivity contribution in [2.45, 2.75) is 32.0 Å². The van der Waals surface area contributed by atoms with Crippen LogP contribution in [0.1, 0.15) is 51.9 Å². The molecule has 0 unspecified atom stereocenters. The zero-order valence-corrected chi connectivity index (χ0v) is 18.4. The molecule has 0 amide bonds. The highest BCUT2D eigenvalue weighted by atomic mass is 19.4. The number of allylic oxidation sites excluding steroid dienone is 2. The first kappa shape index (κ1) is 25.1. The second kappa shape index (κ2) is 9.56. The summed E-state index contributed by atoms with van der Waals surface area (Å²) < 4.78 is 87.2. The minimum Gasteiger partial charge on any atom is -0.478 e. The molecule has 188 valence electrons. The summed E-state index contributed by atoms with van der Waals surface area (Å²) in [7, 11) is 0. The largest absolute Gasteiger partial charge is 0.478 e. The third-order valence-electron chi connectivity index (χ3n) is 5.73. The van der Waals surface area contributed by atoms with Gasteiger partial charge in [-0.05, 0) is 60.2 Å². The molecule has 0 aliphatic heterocycles. The van der Waals surface area contributed by atoms with E-state index in [9.17, 15) is 36.2 Å². The fourth-order valence-corrected chi connectivity index (χ4v) is 4.10. The van der Waals surface area contributed by atoms with Crippen molar-refractivity contribution in [3.05, 3.63) is 87.9 Å². The molecule has 0 saturated heterocycles.